The van der Waals surface area contributed by atoms with Gasteiger partial charge in [0.25, 0.3) is 10.1 Å². The highest BCUT2D eigenvalue weighted by atomic mass is 32.2. The zero-order valence-corrected chi connectivity index (χ0v) is 5.87. The van der Waals surface area contributed by atoms with Crippen LogP contribution in [0.4, 0.5) is 0 Å². The van der Waals surface area contributed by atoms with E-state index in [1.165, 1.54) is 11.4 Å². The molecule has 1 rings (SSSR count). The summed E-state index contributed by atoms with van der Waals surface area (Å²) in [5, 5.41) is 3.85. The summed E-state index contributed by atoms with van der Waals surface area (Å²) in [6.07, 6.45) is 0. The average Bonchev–Trinajstić information content (AvgIpc) is 2.08. The van der Waals surface area contributed by atoms with Gasteiger partial charge in [0.15, 0.2) is 0 Å². The van der Waals surface area contributed by atoms with Crippen LogP contribution < -0.4 is 0 Å². The van der Waals surface area contributed by atoms with Crippen molar-refractivity contribution >= 4 is 21.5 Å². The Hall–Kier alpha value is -0.390. The highest BCUT2D eigenvalue weighted by molar-refractivity contribution is 7.86. The fourth-order valence-corrected chi connectivity index (χ4v) is 1.71. The van der Waals surface area contributed by atoms with E-state index in [0.29, 0.717) is 0 Å². The summed E-state index contributed by atoms with van der Waals surface area (Å²) >= 11 is 1.10. The predicted molar refractivity (Wildman–Crippen MR) is 33.0 cm³/mol. The Bertz CT molecular complexity index is 271. The van der Waals surface area contributed by atoms with Gasteiger partial charge in [-0.2, -0.15) is 8.42 Å². The van der Waals surface area contributed by atoms with Gasteiger partial charge in [-0.3, -0.25) is 4.55 Å². The largest absolute Gasteiger partial charge is 0.295 e. The van der Waals surface area contributed by atoms with Crippen molar-refractivity contribution < 1.29 is 13.0 Å². The van der Waals surface area contributed by atoms with Gasteiger partial charge < -0.3 is 0 Å². The Morgan fingerprint density at radius 1 is 1.67 bits per heavy atom. The Labute approximate surface area is 56.7 Å². The summed E-state index contributed by atoms with van der Waals surface area (Å²) in [6, 6.07) is 1.22. The summed E-state index contributed by atoms with van der Waals surface area (Å²) in [5.74, 6) is 0. The molecule has 0 atom stereocenters. The van der Waals surface area contributed by atoms with Gasteiger partial charge in [0.1, 0.15) is 4.90 Å². The second-order valence-corrected chi connectivity index (χ2v) is 3.50. The third-order valence-corrected chi connectivity index (χ3v) is 2.35. The Morgan fingerprint density at radius 2 is 2.33 bits per heavy atom. The summed E-state index contributed by atoms with van der Waals surface area (Å²) in [5.41, 5.74) is 0. The van der Waals surface area contributed by atoms with E-state index in [1.54, 1.807) is 0 Å². The maximum Gasteiger partial charge on any atom is 0.295 e. The molecule has 9 heavy (non-hydrogen) atoms. The van der Waals surface area contributed by atoms with E-state index in [0.717, 1.165) is 11.3 Å². The van der Waals surface area contributed by atoms with Crippen LogP contribution in [0.15, 0.2) is 16.3 Å². The first-order valence-corrected chi connectivity index (χ1v) is 4.35. The van der Waals surface area contributed by atoms with Gasteiger partial charge in [-0.25, -0.2) is 0 Å². The molecular formula is C4H3O3S2. The number of thiophene rings is 1. The second-order valence-electron chi connectivity index (χ2n) is 1.38. The van der Waals surface area contributed by atoms with Gasteiger partial charge in [0.2, 0.25) is 0 Å². The molecule has 0 aliphatic rings. The minimum Gasteiger partial charge on any atom is -0.282 e. The molecule has 0 aliphatic carbocycles. The van der Waals surface area contributed by atoms with Crippen LogP contribution in [-0.2, 0) is 10.1 Å². The van der Waals surface area contributed by atoms with Crippen molar-refractivity contribution in [1.82, 2.24) is 0 Å². The van der Waals surface area contributed by atoms with Crippen LogP contribution >= 0.6 is 11.3 Å². The lowest BCUT2D eigenvalue weighted by atomic mass is 10.7. The fraction of sp³-hybridized carbons (Fsp3) is 0. The second kappa shape index (κ2) is 2.09. The van der Waals surface area contributed by atoms with E-state index >= 15 is 0 Å². The molecule has 1 N–H and O–H groups in total. The van der Waals surface area contributed by atoms with Gasteiger partial charge >= 0.3 is 0 Å². The monoisotopic (exact) mass is 163 g/mol. The van der Waals surface area contributed by atoms with Crippen molar-refractivity contribution in [2.45, 2.75) is 4.90 Å². The minimum atomic E-state index is -3.98. The van der Waals surface area contributed by atoms with Crippen LogP contribution in [0.5, 0.6) is 0 Å². The van der Waals surface area contributed by atoms with E-state index in [4.69, 9.17) is 4.55 Å². The smallest absolute Gasteiger partial charge is 0.282 e. The first-order chi connectivity index (χ1) is 4.11. The molecular weight excluding hydrogens is 160 g/mol. The fourth-order valence-electron chi connectivity index (χ4n) is 0.353. The van der Waals surface area contributed by atoms with E-state index in [9.17, 15) is 8.42 Å². The molecule has 1 aromatic heterocycles. The highest BCUT2D eigenvalue weighted by Gasteiger charge is 2.07. The normalized spacial score (nSPS) is 11.7. The molecule has 3 nitrogen and oxygen atoms in total. The molecule has 5 heteroatoms. The lowest BCUT2D eigenvalue weighted by Gasteiger charge is -1.85. The summed E-state index contributed by atoms with van der Waals surface area (Å²) in [6.45, 7) is 0. The molecule has 0 saturated carbocycles. The molecule has 0 fully saturated rings. The van der Waals surface area contributed by atoms with Gasteiger partial charge in [0.05, 0.1) is 0 Å². The molecule has 0 amide bonds. The van der Waals surface area contributed by atoms with Crippen LogP contribution in [0, 0.1) is 5.38 Å². The third kappa shape index (κ3) is 1.51. The zero-order valence-electron chi connectivity index (χ0n) is 4.23. The van der Waals surface area contributed by atoms with Gasteiger partial charge in [0, 0.05) is 10.8 Å². The minimum absolute atomic E-state index is 0.0903. The van der Waals surface area contributed by atoms with E-state index < -0.39 is 10.1 Å². The quantitative estimate of drug-likeness (QED) is 0.623. The Kier molecular flexibility index (Phi) is 1.56. The number of hydrogen-bond acceptors (Lipinski definition) is 3. The van der Waals surface area contributed by atoms with Gasteiger partial charge in [-0.15, -0.1) is 11.3 Å². The average molecular weight is 163 g/mol. The van der Waals surface area contributed by atoms with Crippen LogP contribution in [-0.4, -0.2) is 13.0 Å². The third-order valence-electron chi connectivity index (χ3n) is 0.742. The van der Waals surface area contributed by atoms with Crippen molar-refractivity contribution in [1.29, 1.82) is 0 Å². The Balaban J connectivity index is 3.20. The first-order valence-electron chi connectivity index (χ1n) is 2.03. The van der Waals surface area contributed by atoms with Gasteiger partial charge in [-0.1, -0.05) is 0 Å². The van der Waals surface area contributed by atoms with E-state index in [1.807, 2.05) is 0 Å². The number of hydrogen-bond donors (Lipinski definition) is 1. The molecule has 1 radical (unpaired) electrons. The standard InChI is InChI=1S/C4H3O3S2/c5-9(6,7)4-1-2-8-3-4/h1,3H,(H,5,6,7). The van der Waals surface area contributed by atoms with Crippen molar-refractivity contribution in [2.24, 2.45) is 0 Å². The SMILES string of the molecule is O=S(=O)(O)c1c[c]sc1. The summed E-state index contributed by atoms with van der Waals surface area (Å²) in [4.78, 5) is -0.0903. The zero-order chi connectivity index (χ0) is 6.91. The van der Waals surface area contributed by atoms with Crippen molar-refractivity contribution in [2.75, 3.05) is 0 Å². The van der Waals surface area contributed by atoms with Crippen LogP contribution in [0.3, 0.4) is 0 Å². The topological polar surface area (TPSA) is 54.4 Å². The molecule has 0 aliphatic heterocycles. The van der Waals surface area contributed by atoms with Crippen molar-refractivity contribution in [3.63, 3.8) is 0 Å². The molecule has 0 spiro atoms. The highest BCUT2D eigenvalue weighted by Crippen LogP contribution is 2.10. The summed E-state index contributed by atoms with van der Waals surface area (Å²) < 4.78 is 28.8. The van der Waals surface area contributed by atoms with Crippen molar-refractivity contribution in [3.8, 4) is 0 Å². The maximum absolute atomic E-state index is 10.2. The van der Waals surface area contributed by atoms with Crippen molar-refractivity contribution in [3.05, 3.63) is 16.8 Å². The summed E-state index contributed by atoms with van der Waals surface area (Å²) in [7, 11) is -3.98. The maximum atomic E-state index is 10.2. The molecule has 0 saturated heterocycles. The predicted octanol–water partition coefficient (Wildman–Crippen LogP) is 0.795. The van der Waals surface area contributed by atoms with Crippen LogP contribution in [0.1, 0.15) is 0 Å². The molecule has 0 aromatic carbocycles. The van der Waals surface area contributed by atoms with E-state index in [2.05, 4.69) is 5.38 Å². The Morgan fingerprint density at radius 3 is 2.56 bits per heavy atom. The van der Waals surface area contributed by atoms with Gasteiger partial charge in [-0.05, 0) is 6.07 Å². The molecule has 0 unspecified atom stereocenters. The first kappa shape index (κ1) is 6.73. The molecule has 0 bridgehead atoms. The van der Waals surface area contributed by atoms with E-state index in [-0.39, 0.29) is 4.90 Å². The lowest BCUT2D eigenvalue weighted by Crippen LogP contribution is -1.94. The number of rotatable bonds is 1. The molecule has 49 valence electrons. The molecule has 1 aromatic rings. The van der Waals surface area contributed by atoms with Crippen LogP contribution in [0.2, 0.25) is 0 Å². The van der Waals surface area contributed by atoms with Crippen LogP contribution in [0.25, 0.3) is 0 Å². The molecule has 1 heterocycles. The lowest BCUT2D eigenvalue weighted by molar-refractivity contribution is 0.483.